The molecule has 0 saturated carbocycles. The maximum absolute atomic E-state index is 12.2. The lowest BCUT2D eigenvalue weighted by atomic mass is 10.3. The molecule has 0 saturated heterocycles. The van der Waals surface area contributed by atoms with Crippen LogP contribution in [0.3, 0.4) is 0 Å². The predicted molar refractivity (Wildman–Crippen MR) is 76.1 cm³/mol. The van der Waals surface area contributed by atoms with Crippen LogP contribution in [-0.2, 0) is 10.0 Å². The number of aryl methyl sites for hydroxylation is 1. The van der Waals surface area contributed by atoms with Gasteiger partial charge in [-0.2, -0.15) is 0 Å². The van der Waals surface area contributed by atoms with E-state index in [0.717, 1.165) is 17.4 Å². The maximum Gasteiger partial charge on any atom is 0.336 e. The van der Waals surface area contributed by atoms with E-state index in [4.69, 9.17) is 16.7 Å². The van der Waals surface area contributed by atoms with E-state index in [1.165, 1.54) is 11.6 Å². The molecule has 9 heteroatoms. The number of pyridine rings is 1. The van der Waals surface area contributed by atoms with Crippen molar-refractivity contribution in [2.24, 2.45) is 0 Å². The van der Waals surface area contributed by atoms with Gasteiger partial charge in [0.25, 0.3) is 10.0 Å². The van der Waals surface area contributed by atoms with Gasteiger partial charge in [-0.15, -0.1) is 11.3 Å². The number of hydrogen-bond acceptors (Lipinski definition) is 5. The van der Waals surface area contributed by atoms with E-state index < -0.39 is 16.0 Å². The first-order chi connectivity index (χ1) is 9.31. The fourth-order valence-electron chi connectivity index (χ4n) is 1.40. The van der Waals surface area contributed by atoms with Crippen molar-refractivity contribution in [3.8, 4) is 0 Å². The zero-order chi connectivity index (χ0) is 14.9. The van der Waals surface area contributed by atoms with Crippen LogP contribution in [0.15, 0.2) is 27.9 Å². The quantitative estimate of drug-likeness (QED) is 0.839. The monoisotopic (exact) mass is 332 g/mol. The Balaban J connectivity index is 2.38. The summed E-state index contributed by atoms with van der Waals surface area (Å²) in [5.74, 6) is -1.18. The van der Waals surface area contributed by atoms with Gasteiger partial charge in [-0.05, 0) is 24.6 Å². The summed E-state index contributed by atoms with van der Waals surface area (Å²) < 4.78 is 26.5. The van der Waals surface area contributed by atoms with E-state index in [-0.39, 0.29) is 20.6 Å². The molecule has 0 spiro atoms. The van der Waals surface area contributed by atoms with Crippen LogP contribution in [0.1, 0.15) is 15.9 Å². The molecule has 0 unspecified atom stereocenters. The normalized spacial score (nSPS) is 11.3. The number of hydrogen-bond donors (Lipinski definition) is 2. The number of halogens is 1. The summed E-state index contributed by atoms with van der Waals surface area (Å²) in [5, 5.41) is 10.1. The summed E-state index contributed by atoms with van der Waals surface area (Å²) in [5.41, 5.74) is 0.715. The lowest BCUT2D eigenvalue weighted by molar-refractivity contribution is 0.0697. The summed E-state index contributed by atoms with van der Waals surface area (Å²) in [6.07, 6.45) is 1.46. The third-order valence-corrected chi connectivity index (χ3v) is 5.51. The Morgan fingerprint density at radius 2 is 2.20 bits per heavy atom. The van der Waals surface area contributed by atoms with E-state index in [1.54, 1.807) is 13.0 Å². The van der Waals surface area contributed by atoms with Gasteiger partial charge in [-0.1, -0.05) is 11.6 Å². The zero-order valence-electron chi connectivity index (χ0n) is 10.1. The summed E-state index contributed by atoms with van der Waals surface area (Å²) >= 11 is 6.67. The van der Waals surface area contributed by atoms with Crippen molar-refractivity contribution in [3.63, 3.8) is 0 Å². The molecule has 2 aromatic rings. The van der Waals surface area contributed by atoms with Crippen LogP contribution in [0.25, 0.3) is 0 Å². The Morgan fingerprint density at radius 1 is 1.50 bits per heavy atom. The van der Waals surface area contributed by atoms with Crippen molar-refractivity contribution in [2.45, 2.75) is 11.1 Å². The number of aromatic nitrogens is 1. The lowest BCUT2D eigenvalue weighted by Crippen LogP contribution is -2.13. The highest BCUT2D eigenvalue weighted by molar-refractivity contribution is 7.94. The largest absolute Gasteiger partial charge is 0.478 e. The molecule has 0 aliphatic rings. The average Bonchev–Trinajstić information content (AvgIpc) is 2.84. The molecule has 0 amide bonds. The third-order valence-electron chi connectivity index (χ3n) is 2.44. The average molecular weight is 333 g/mol. The maximum atomic E-state index is 12.2. The standard InChI is InChI=1S/C11H9ClN2O4S2/c1-6-2-3-13-10(12)9(6)14-20(17,18)8-4-7(5-19-8)11(15)16/h2-5,14H,1H3,(H,15,16). The highest BCUT2D eigenvalue weighted by Crippen LogP contribution is 2.28. The number of rotatable bonds is 4. The third kappa shape index (κ3) is 2.92. The first-order valence-corrected chi connectivity index (χ1v) is 8.01. The second kappa shape index (κ2) is 5.39. The van der Waals surface area contributed by atoms with Gasteiger partial charge in [0.15, 0.2) is 5.15 Å². The first kappa shape index (κ1) is 14.8. The number of nitrogens with zero attached hydrogens (tertiary/aromatic N) is 1. The number of carboxylic acids is 1. The molecule has 106 valence electrons. The number of thiophene rings is 1. The van der Waals surface area contributed by atoms with Gasteiger partial charge in [-0.3, -0.25) is 4.72 Å². The summed E-state index contributed by atoms with van der Waals surface area (Å²) in [6.45, 7) is 1.68. The molecule has 20 heavy (non-hydrogen) atoms. The Hall–Kier alpha value is -1.64. The van der Waals surface area contributed by atoms with Crippen LogP contribution < -0.4 is 4.72 Å². The van der Waals surface area contributed by atoms with Crippen molar-refractivity contribution in [3.05, 3.63) is 40.0 Å². The second-order valence-electron chi connectivity index (χ2n) is 3.86. The molecule has 0 aromatic carbocycles. The summed E-state index contributed by atoms with van der Waals surface area (Å²) in [4.78, 5) is 14.6. The summed E-state index contributed by atoms with van der Waals surface area (Å²) in [6, 6.07) is 2.70. The number of aromatic carboxylic acids is 1. The summed E-state index contributed by atoms with van der Waals surface area (Å²) in [7, 11) is -3.89. The zero-order valence-corrected chi connectivity index (χ0v) is 12.5. The Morgan fingerprint density at radius 3 is 2.75 bits per heavy atom. The van der Waals surface area contributed by atoms with Crippen LogP contribution in [-0.4, -0.2) is 24.5 Å². The topological polar surface area (TPSA) is 96.4 Å². The Labute approximate surface area is 124 Å². The van der Waals surface area contributed by atoms with E-state index in [0.29, 0.717) is 5.56 Å². The molecule has 0 atom stereocenters. The number of anilines is 1. The Kier molecular flexibility index (Phi) is 3.98. The molecule has 0 aliphatic heterocycles. The fourth-order valence-corrected chi connectivity index (χ4v) is 4.00. The van der Waals surface area contributed by atoms with Crippen molar-refractivity contribution in [2.75, 3.05) is 4.72 Å². The van der Waals surface area contributed by atoms with Crippen molar-refractivity contribution in [1.29, 1.82) is 0 Å². The van der Waals surface area contributed by atoms with Crippen molar-refractivity contribution >= 4 is 44.6 Å². The number of nitrogens with one attached hydrogen (secondary N) is 1. The molecule has 0 bridgehead atoms. The van der Waals surface area contributed by atoms with Crippen LogP contribution >= 0.6 is 22.9 Å². The lowest BCUT2D eigenvalue weighted by Gasteiger charge is -2.09. The van der Waals surface area contributed by atoms with Crippen LogP contribution in [0.4, 0.5) is 5.69 Å². The van der Waals surface area contributed by atoms with Gasteiger partial charge in [0.1, 0.15) is 4.21 Å². The molecule has 2 aromatic heterocycles. The molecular formula is C11H9ClN2O4S2. The second-order valence-corrected chi connectivity index (χ2v) is 7.04. The SMILES string of the molecule is Cc1ccnc(Cl)c1NS(=O)(=O)c1cc(C(=O)O)cs1. The number of sulfonamides is 1. The molecular weight excluding hydrogens is 324 g/mol. The van der Waals surface area contributed by atoms with E-state index >= 15 is 0 Å². The van der Waals surface area contributed by atoms with Crippen LogP contribution in [0.5, 0.6) is 0 Å². The minimum atomic E-state index is -3.89. The molecule has 0 radical (unpaired) electrons. The van der Waals surface area contributed by atoms with E-state index in [2.05, 4.69) is 9.71 Å². The Bertz CT molecular complexity index is 750. The van der Waals surface area contributed by atoms with Gasteiger partial charge in [0.2, 0.25) is 0 Å². The van der Waals surface area contributed by atoms with Crippen molar-refractivity contribution < 1.29 is 18.3 Å². The minimum absolute atomic E-state index is 0.0311. The molecule has 6 nitrogen and oxygen atoms in total. The van der Waals surface area contributed by atoms with Gasteiger partial charge < -0.3 is 5.11 Å². The number of carbonyl (C=O) groups is 1. The van der Waals surface area contributed by atoms with Crippen LogP contribution in [0.2, 0.25) is 5.15 Å². The van der Waals surface area contributed by atoms with Gasteiger partial charge in [0, 0.05) is 11.6 Å². The molecule has 2 heterocycles. The first-order valence-electron chi connectivity index (χ1n) is 5.27. The van der Waals surface area contributed by atoms with Gasteiger partial charge in [-0.25, -0.2) is 18.2 Å². The molecule has 2 N–H and O–H groups in total. The highest BCUT2D eigenvalue weighted by atomic mass is 35.5. The molecule has 2 rings (SSSR count). The fraction of sp³-hybridized carbons (Fsp3) is 0.0909. The smallest absolute Gasteiger partial charge is 0.336 e. The molecule has 0 aliphatic carbocycles. The number of carboxylic acid groups (broad SMARTS) is 1. The van der Waals surface area contributed by atoms with Crippen LogP contribution in [0, 0.1) is 6.92 Å². The van der Waals surface area contributed by atoms with E-state index in [9.17, 15) is 13.2 Å². The minimum Gasteiger partial charge on any atom is -0.478 e. The van der Waals surface area contributed by atoms with Gasteiger partial charge >= 0.3 is 5.97 Å². The van der Waals surface area contributed by atoms with Gasteiger partial charge in [0.05, 0.1) is 11.3 Å². The van der Waals surface area contributed by atoms with E-state index in [1.807, 2.05) is 0 Å². The highest BCUT2D eigenvalue weighted by Gasteiger charge is 2.21. The molecule has 0 fully saturated rings. The van der Waals surface area contributed by atoms with Crippen molar-refractivity contribution in [1.82, 2.24) is 4.98 Å². The predicted octanol–water partition coefficient (Wildman–Crippen LogP) is 2.60.